The summed E-state index contributed by atoms with van der Waals surface area (Å²) in [6.45, 7) is 4.40. The van der Waals surface area contributed by atoms with Gasteiger partial charge >= 0.3 is 19.8 Å². The van der Waals surface area contributed by atoms with Gasteiger partial charge in [-0.25, -0.2) is 4.57 Å². The summed E-state index contributed by atoms with van der Waals surface area (Å²) in [5.41, 5.74) is 0. The first-order chi connectivity index (χ1) is 28.0. The number of phosphoric acid groups is 1. The van der Waals surface area contributed by atoms with Crippen molar-refractivity contribution in [3.8, 4) is 0 Å². The lowest BCUT2D eigenvalue weighted by Crippen LogP contribution is -2.37. The van der Waals surface area contributed by atoms with Crippen molar-refractivity contribution >= 4 is 19.8 Å². The number of carbonyl (C=O) groups excluding carboxylic acids is 2. The summed E-state index contributed by atoms with van der Waals surface area (Å²) < 4.78 is 34.4. The fraction of sp³-hybridized carbons (Fsp3) is 0.833. The number of ether oxygens (including phenoxy) is 2. The minimum Gasteiger partial charge on any atom is -0.462 e. The molecule has 0 heterocycles. The van der Waals surface area contributed by atoms with Crippen LogP contribution in [0.4, 0.5) is 0 Å². The third-order valence-corrected chi connectivity index (χ3v) is 11.2. The van der Waals surface area contributed by atoms with Crippen LogP contribution in [0.3, 0.4) is 0 Å². The molecule has 0 saturated heterocycles. The number of phosphoric ester groups is 1. The third-order valence-electron chi connectivity index (χ3n) is 10.2. The maximum atomic E-state index is 12.7. The SMILES string of the molecule is CCCCC/C=C\C/C=C\C/C=C\CCCCCCCCC(=O)O[C@H](COC(=O)CCCCCCCCCCCCCCCCC)COP(=O)(O)OCC[N+](C)(C)C. The van der Waals surface area contributed by atoms with Crippen molar-refractivity contribution in [2.75, 3.05) is 47.5 Å². The first-order valence-corrected chi connectivity index (χ1v) is 25.2. The Labute approximate surface area is 357 Å². The maximum Gasteiger partial charge on any atom is 0.472 e. The van der Waals surface area contributed by atoms with Gasteiger partial charge in [0.05, 0.1) is 27.7 Å². The van der Waals surface area contributed by atoms with Gasteiger partial charge in [0.2, 0.25) is 0 Å². The van der Waals surface area contributed by atoms with E-state index in [9.17, 15) is 19.0 Å². The van der Waals surface area contributed by atoms with E-state index in [2.05, 4.69) is 50.3 Å². The van der Waals surface area contributed by atoms with E-state index in [1.807, 2.05) is 21.1 Å². The van der Waals surface area contributed by atoms with Gasteiger partial charge < -0.3 is 18.9 Å². The molecule has 58 heavy (non-hydrogen) atoms. The highest BCUT2D eigenvalue weighted by Gasteiger charge is 2.27. The zero-order valence-electron chi connectivity index (χ0n) is 38.3. The molecule has 0 aromatic carbocycles. The molecule has 1 unspecified atom stereocenters. The number of esters is 2. The highest BCUT2D eigenvalue weighted by atomic mass is 31.2. The van der Waals surface area contributed by atoms with Gasteiger partial charge in [0.15, 0.2) is 6.10 Å². The van der Waals surface area contributed by atoms with E-state index in [4.69, 9.17) is 18.5 Å². The number of hydrogen-bond acceptors (Lipinski definition) is 7. The van der Waals surface area contributed by atoms with Crippen LogP contribution in [0.15, 0.2) is 36.5 Å². The van der Waals surface area contributed by atoms with Crippen molar-refractivity contribution in [2.45, 2.75) is 213 Å². The van der Waals surface area contributed by atoms with Crippen molar-refractivity contribution in [3.63, 3.8) is 0 Å². The van der Waals surface area contributed by atoms with Gasteiger partial charge in [-0.15, -0.1) is 0 Å². The van der Waals surface area contributed by atoms with Crippen LogP contribution >= 0.6 is 7.82 Å². The van der Waals surface area contributed by atoms with Gasteiger partial charge in [-0.3, -0.25) is 18.6 Å². The molecule has 0 aliphatic carbocycles. The summed E-state index contributed by atoms with van der Waals surface area (Å²) >= 11 is 0. The molecule has 2 atom stereocenters. The van der Waals surface area contributed by atoms with Gasteiger partial charge in [-0.05, 0) is 51.4 Å². The van der Waals surface area contributed by atoms with E-state index in [1.165, 1.54) is 103 Å². The van der Waals surface area contributed by atoms with Crippen LogP contribution in [0.2, 0.25) is 0 Å². The monoisotopic (exact) mass is 841 g/mol. The second-order valence-electron chi connectivity index (χ2n) is 17.1. The van der Waals surface area contributed by atoms with E-state index in [0.717, 1.165) is 70.6 Å². The second kappa shape index (κ2) is 40.6. The standard InChI is InChI=1S/C48H90NO8P/c1-6-8-10-12-14-16-18-20-22-23-24-25-27-29-31-33-35-37-39-41-48(51)57-46(45-56-58(52,53)55-43-42-49(3,4)5)44-54-47(50)40-38-36-34-32-30-28-26-21-19-17-15-13-11-9-7-2/h14,16,20,22,24-25,46H,6-13,15,17-19,21,23,26-45H2,1-5H3/p+1/b16-14-,22-20-,25-24-/t46-/m1/s1. The predicted molar refractivity (Wildman–Crippen MR) is 243 cm³/mol. The molecular weight excluding hydrogens is 750 g/mol. The molecule has 1 N–H and O–H groups in total. The van der Waals surface area contributed by atoms with Gasteiger partial charge in [0.25, 0.3) is 0 Å². The Morgan fingerprint density at radius 3 is 1.41 bits per heavy atom. The Bertz CT molecular complexity index is 1090. The molecule has 340 valence electrons. The Hall–Kier alpha value is -1.77. The predicted octanol–water partition coefficient (Wildman–Crippen LogP) is 13.7. The summed E-state index contributed by atoms with van der Waals surface area (Å²) in [4.78, 5) is 35.4. The first kappa shape index (κ1) is 56.2. The highest BCUT2D eigenvalue weighted by Crippen LogP contribution is 2.43. The number of allylic oxidation sites excluding steroid dienone is 6. The van der Waals surface area contributed by atoms with E-state index in [-0.39, 0.29) is 32.0 Å². The number of likely N-dealkylation sites (N-methyl/N-ethyl adjacent to an activating group) is 1. The van der Waals surface area contributed by atoms with Crippen molar-refractivity contribution < 1.29 is 42.1 Å². The first-order valence-electron chi connectivity index (χ1n) is 23.7. The molecule has 0 saturated carbocycles. The number of rotatable bonds is 43. The normalized spacial score (nSPS) is 13.8. The van der Waals surface area contributed by atoms with Crippen LogP contribution in [0.1, 0.15) is 206 Å². The average Bonchev–Trinajstić information content (AvgIpc) is 3.17. The quantitative estimate of drug-likeness (QED) is 0.0213. The molecular formula is C48H91NO8P+. The lowest BCUT2D eigenvalue weighted by molar-refractivity contribution is -0.870. The molecule has 0 aromatic rings. The zero-order chi connectivity index (χ0) is 42.8. The average molecular weight is 841 g/mol. The molecule has 9 nitrogen and oxygen atoms in total. The van der Waals surface area contributed by atoms with Crippen LogP contribution in [0.5, 0.6) is 0 Å². The summed E-state index contributed by atoms with van der Waals surface area (Å²) in [7, 11) is 1.47. The van der Waals surface area contributed by atoms with Crippen LogP contribution in [-0.2, 0) is 32.7 Å². The number of hydrogen-bond donors (Lipinski definition) is 1. The molecule has 0 amide bonds. The van der Waals surface area contributed by atoms with Crippen LogP contribution in [0, 0.1) is 0 Å². The fourth-order valence-electron chi connectivity index (χ4n) is 6.43. The molecule has 0 bridgehead atoms. The Balaban J connectivity index is 4.33. The molecule has 0 aromatic heterocycles. The number of quaternary nitrogens is 1. The summed E-state index contributed by atoms with van der Waals surface area (Å²) in [6, 6.07) is 0. The van der Waals surface area contributed by atoms with Crippen molar-refractivity contribution in [2.24, 2.45) is 0 Å². The van der Waals surface area contributed by atoms with Crippen LogP contribution in [-0.4, -0.2) is 74.9 Å². The van der Waals surface area contributed by atoms with Crippen LogP contribution in [0.25, 0.3) is 0 Å². The third kappa shape index (κ3) is 43.8. The lowest BCUT2D eigenvalue weighted by atomic mass is 10.0. The van der Waals surface area contributed by atoms with Gasteiger partial charge in [0, 0.05) is 12.8 Å². The molecule has 0 radical (unpaired) electrons. The molecule has 0 spiro atoms. The summed E-state index contributed by atoms with van der Waals surface area (Å²) in [5, 5.41) is 0. The van der Waals surface area contributed by atoms with Crippen molar-refractivity contribution in [1.29, 1.82) is 0 Å². The van der Waals surface area contributed by atoms with Crippen LogP contribution < -0.4 is 0 Å². The molecule has 0 rings (SSSR count). The van der Waals surface area contributed by atoms with E-state index >= 15 is 0 Å². The topological polar surface area (TPSA) is 108 Å². The molecule has 0 fully saturated rings. The minimum atomic E-state index is -4.38. The molecule has 0 aliphatic heterocycles. The largest absolute Gasteiger partial charge is 0.472 e. The molecule has 10 heteroatoms. The Morgan fingerprint density at radius 1 is 0.534 bits per heavy atom. The fourth-order valence-corrected chi connectivity index (χ4v) is 7.17. The smallest absolute Gasteiger partial charge is 0.462 e. The van der Waals surface area contributed by atoms with Crippen molar-refractivity contribution in [3.05, 3.63) is 36.5 Å². The van der Waals surface area contributed by atoms with E-state index in [1.54, 1.807) is 0 Å². The van der Waals surface area contributed by atoms with Gasteiger partial charge in [-0.2, -0.15) is 0 Å². The Morgan fingerprint density at radius 2 is 0.931 bits per heavy atom. The minimum absolute atomic E-state index is 0.0296. The summed E-state index contributed by atoms with van der Waals surface area (Å²) in [5.74, 6) is -0.807. The van der Waals surface area contributed by atoms with Crippen molar-refractivity contribution in [1.82, 2.24) is 0 Å². The highest BCUT2D eigenvalue weighted by molar-refractivity contribution is 7.47. The van der Waals surface area contributed by atoms with Gasteiger partial charge in [-0.1, -0.05) is 179 Å². The summed E-state index contributed by atoms with van der Waals surface area (Å²) in [6.07, 6.45) is 46.1. The van der Waals surface area contributed by atoms with E-state index < -0.39 is 26.5 Å². The number of unbranched alkanes of at least 4 members (excludes halogenated alkanes) is 23. The number of nitrogens with zero attached hydrogens (tertiary/aromatic N) is 1. The molecule has 0 aliphatic rings. The second-order valence-corrected chi connectivity index (χ2v) is 18.6. The Kier molecular flexibility index (Phi) is 39.4. The lowest BCUT2D eigenvalue weighted by Gasteiger charge is -2.24. The van der Waals surface area contributed by atoms with Gasteiger partial charge in [0.1, 0.15) is 19.8 Å². The van der Waals surface area contributed by atoms with E-state index in [0.29, 0.717) is 17.4 Å². The maximum absolute atomic E-state index is 12.7. The zero-order valence-corrected chi connectivity index (χ0v) is 39.2. The number of carbonyl (C=O) groups is 2.